The second-order valence-electron chi connectivity index (χ2n) is 6.02. The minimum atomic E-state index is -0.772. The molecule has 4 nitrogen and oxygen atoms in total. The van der Waals surface area contributed by atoms with Gasteiger partial charge in [-0.2, -0.15) is 0 Å². The number of para-hydroxylation sites is 1. The lowest BCUT2D eigenvalue weighted by Crippen LogP contribution is -2.34. The maximum absolute atomic E-state index is 10.9. The van der Waals surface area contributed by atoms with E-state index in [0.29, 0.717) is 13.0 Å². The highest BCUT2D eigenvalue weighted by atomic mass is 16.5. The molecule has 126 valence electrons. The third kappa shape index (κ3) is 3.94. The summed E-state index contributed by atoms with van der Waals surface area (Å²) in [7, 11) is 1.95. The summed E-state index contributed by atoms with van der Waals surface area (Å²) in [5.41, 5.74) is 4.47. The summed E-state index contributed by atoms with van der Waals surface area (Å²) in [6, 6.07) is 6.38. The van der Waals surface area contributed by atoms with E-state index in [1.165, 1.54) is 22.4 Å². The van der Waals surface area contributed by atoms with E-state index in [1.54, 1.807) is 0 Å². The lowest BCUT2D eigenvalue weighted by molar-refractivity contribution is -0.138. The second kappa shape index (κ2) is 7.64. The molecule has 0 aliphatic carbocycles. The summed E-state index contributed by atoms with van der Waals surface area (Å²) in [5.74, 6) is -0.772. The Bertz CT molecular complexity index is 594. The summed E-state index contributed by atoms with van der Waals surface area (Å²) in [5, 5.41) is 12.3. The summed E-state index contributed by atoms with van der Waals surface area (Å²) < 4.78 is 5.99. The van der Waals surface area contributed by atoms with E-state index in [9.17, 15) is 4.79 Å². The van der Waals surface area contributed by atoms with Crippen molar-refractivity contribution < 1.29 is 14.6 Å². The van der Waals surface area contributed by atoms with Gasteiger partial charge in [0.25, 0.3) is 0 Å². The summed E-state index contributed by atoms with van der Waals surface area (Å²) in [4.78, 5) is 10.9. The van der Waals surface area contributed by atoms with Crippen LogP contribution in [0.25, 0.3) is 5.57 Å². The lowest BCUT2D eigenvalue weighted by atomic mass is 9.85. The number of carboxylic acid groups (broad SMARTS) is 1. The van der Waals surface area contributed by atoms with Gasteiger partial charge in [-0.15, -0.1) is 0 Å². The molecular weight excluding hydrogens is 290 g/mol. The van der Waals surface area contributed by atoms with E-state index in [-0.39, 0.29) is 6.42 Å². The van der Waals surface area contributed by atoms with Gasteiger partial charge in [-0.25, -0.2) is 0 Å². The Labute approximate surface area is 138 Å². The maximum Gasteiger partial charge on any atom is 0.303 e. The third-order valence-electron chi connectivity index (χ3n) is 4.69. The number of aliphatic carboxylic acids is 1. The molecule has 0 fully saturated rings. The van der Waals surface area contributed by atoms with Crippen molar-refractivity contribution in [2.45, 2.75) is 51.6 Å². The molecule has 1 aromatic rings. The molecule has 0 bridgehead atoms. The number of rotatable bonds is 7. The Morgan fingerprint density at radius 3 is 2.78 bits per heavy atom. The van der Waals surface area contributed by atoms with Gasteiger partial charge in [-0.3, -0.25) is 4.79 Å². The van der Waals surface area contributed by atoms with Gasteiger partial charge < -0.3 is 15.2 Å². The van der Waals surface area contributed by atoms with Gasteiger partial charge in [-0.05, 0) is 42.9 Å². The monoisotopic (exact) mass is 317 g/mol. The number of hydrogen-bond donors (Lipinski definition) is 2. The maximum atomic E-state index is 10.9. The molecule has 23 heavy (non-hydrogen) atoms. The van der Waals surface area contributed by atoms with Gasteiger partial charge in [0.05, 0.1) is 12.2 Å². The molecule has 0 spiro atoms. The fraction of sp³-hybridized carbons (Fsp3) is 0.526. The van der Waals surface area contributed by atoms with Crippen LogP contribution in [0.5, 0.6) is 0 Å². The van der Waals surface area contributed by atoms with E-state index >= 15 is 0 Å². The fourth-order valence-electron chi connectivity index (χ4n) is 3.31. The van der Waals surface area contributed by atoms with Gasteiger partial charge in [-0.1, -0.05) is 32.0 Å². The van der Waals surface area contributed by atoms with Crippen molar-refractivity contribution in [2.75, 3.05) is 19.0 Å². The summed E-state index contributed by atoms with van der Waals surface area (Å²) in [6.07, 6.45) is 5.43. The molecule has 0 unspecified atom stereocenters. The SMILES string of the molecule is CCc1cccc(C2=C[C@@](CC)(CCC(=O)O)OCC2)c1NC. The van der Waals surface area contributed by atoms with Crippen LogP contribution >= 0.6 is 0 Å². The summed E-state index contributed by atoms with van der Waals surface area (Å²) in [6.45, 7) is 4.85. The van der Waals surface area contributed by atoms with Crippen molar-refractivity contribution in [1.82, 2.24) is 0 Å². The molecule has 0 saturated heterocycles. The second-order valence-corrected chi connectivity index (χ2v) is 6.02. The van der Waals surface area contributed by atoms with Crippen LogP contribution in [0.3, 0.4) is 0 Å². The first-order valence-corrected chi connectivity index (χ1v) is 8.42. The van der Waals surface area contributed by atoms with Gasteiger partial charge in [0, 0.05) is 24.7 Å². The highest BCUT2D eigenvalue weighted by Gasteiger charge is 2.31. The normalized spacial score (nSPS) is 20.9. The minimum absolute atomic E-state index is 0.130. The minimum Gasteiger partial charge on any atom is -0.481 e. The van der Waals surface area contributed by atoms with E-state index in [2.05, 4.69) is 43.4 Å². The average Bonchev–Trinajstić information content (AvgIpc) is 2.59. The highest BCUT2D eigenvalue weighted by Crippen LogP contribution is 2.38. The zero-order chi connectivity index (χ0) is 16.9. The smallest absolute Gasteiger partial charge is 0.303 e. The van der Waals surface area contributed by atoms with Crippen LogP contribution < -0.4 is 5.32 Å². The number of benzene rings is 1. The molecule has 0 amide bonds. The van der Waals surface area contributed by atoms with E-state index in [0.717, 1.165) is 19.3 Å². The Morgan fingerprint density at radius 2 is 2.17 bits per heavy atom. The fourth-order valence-corrected chi connectivity index (χ4v) is 3.31. The Morgan fingerprint density at radius 1 is 1.39 bits per heavy atom. The van der Waals surface area contributed by atoms with Crippen molar-refractivity contribution in [1.29, 1.82) is 0 Å². The molecular formula is C19H27NO3. The number of carbonyl (C=O) groups is 1. The molecule has 0 saturated carbocycles. The van der Waals surface area contributed by atoms with Crippen LogP contribution in [0.2, 0.25) is 0 Å². The van der Waals surface area contributed by atoms with E-state index in [4.69, 9.17) is 9.84 Å². The Hall–Kier alpha value is -1.81. The highest BCUT2D eigenvalue weighted by molar-refractivity contribution is 5.79. The first-order valence-electron chi connectivity index (χ1n) is 8.42. The van der Waals surface area contributed by atoms with Gasteiger partial charge in [0.1, 0.15) is 0 Å². The molecule has 4 heteroatoms. The average molecular weight is 317 g/mol. The molecule has 2 N–H and O–H groups in total. The molecule has 1 aromatic carbocycles. The van der Waals surface area contributed by atoms with Gasteiger partial charge in [0.2, 0.25) is 0 Å². The van der Waals surface area contributed by atoms with Crippen LogP contribution in [0.15, 0.2) is 24.3 Å². The number of carboxylic acids is 1. The Kier molecular flexibility index (Phi) is 5.83. The van der Waals surface area contributed by atoms with Crippen molar-refractivity contribution in [3.8, 4) is 0 Å². The Balaban J connectivity index is 2.40. The van der Waals surface area contributed by atoms with Crippen LogP contribution in [-0.2, 0) is 16.0 Å². The topological polar surface area (TPSA) is 58.6 Å². The third-order valence-corrected chi connectivity index (χ3v) is 4.69. The molecule has 0 radical (unpaired) electrons. The predicted molar refractivity (Wildman–Crippen MR) is 93.8 cm³/mol. The van der Waals surface area contributed by atoms with Crippen molar-refractivity contribution >= 4 is 17.2 Å². The van der Waals surface area contributed by atoms with Gasteiger partial charge in [0.15, 0.2) is 0 Å². The number of aryl methyl sites for hydroxylation is 1. The lowest BCUT2D eigenvalue weighted by Gasteiger charge is -2.35. The number of hydrogen-bond acceptors (Lipinski definition) is 3. The standard InChI is InChI=1S/C19H27NO3/c1-4-14-7-6-8-16(18(14)20-3)15-10-12-23-19(5-2,13-15)11-9-17(21)22/h6-8,13,20H,4-5,9-12H2,1-3H3,(H,21,22)/t19-/m1/s1. The first-order chi connectivity index (χ1) is 11.0. The van der Waals surface area contributed by atoms with Crippen LogP contribution in [0, 0.1) is 0 Å². The van der Waals surface area contributed by atoms with Crippen molar-refractivity contribution in [2.24, 2.45) is 0 Å². The number of ether oxygens (including phenoxy) is 1. The zero-order valence-corrected chi connectivity index (χ0v) is 14.3. The first kappa shape index (κ1) is 17.5. The molecule has 1 heterocycles. The molecule has 0 aromatic heterocycles. The van der Waals surface area contributed by atoms with Crippen molar-refractivity contribution in [3.63, 3.8) is 0 Å². The van der Waals surface area contributed by atoms with Crippen LogP contribution in [0.4, 0.5) is 5.69 Å². The van der Waals surface area contributed by atoms with E-state index < -0.39 is 11.6 Å². The van der Waals surface area contributed by atoms with Crippen LogP contribution in [-0.4, -0.2) is 30.3 Å². The quantitative estimate of drug-likeness (QED) is 0.794. The largest absolute Gasteiger partial charge is 0.481 e. The predicted octanol–water partition coefficient (Wildman–Crippen LogP) is 4.11. The zero-order valence-electron chi connectivity index (χ0n) is 14.3. The molecule has 1 aliphatic rings. The molecule has 1 atom stereocenters. The van der Waals surface area contributed by atoms with E-state index in [1.807, 2.05) is 7.05 Å². The molecule has 1 aliphatic heterocycles. The number of nitrogens with one attached hydrogen (secondary N) is 1. The summed E-state index contributed by atoms with van der Waals surface area (Å²) >= 11 is 0. The van der Waals surface area contributed by atoms with Gasteiger partial charge >= 0.3 is 5.97 Å². The van der Waals surface area contributed by atoms with Crippen LogP contribution in [0.1, 0.15) is 50.7 Å². The molecule has 2 rings (SSSR count). The number of anilines is 1. The van der Waals surface area contributed by atoms with Crippen molar-refractivity contribution in [3.05, 3.63) is 35.4 Å².